The summed E-state index contributed by atoms with van der Waals surface area (Å²) in [7, 11) is 1.71. The van der Waals surface area contributed by atoms with E-state index in [1.165, 1.54) is 0 Å². The zero-order chi connectivity index (χ0) is 15.0. The van der Waals surface area contributed by atoms with Gasteiger partial charge in [-0.3, -0.25) is 4.79 Å². The quantitative estimate of drug-likeness (QED) is 0.829. The molecule has 0 aliphatic carbocycles. The molecule has 0 saturated carbocycles. The Morgan fingerprint density at radius 2 is 2.20 bits per heavy atom. The van der Waals surface area contributed by atoms with Crippen LogP contribution < -0.4 is 5.32 Å². The van der Waals surface area contributed by atoms with E-state index in [0.717, 1.165) is 30.9 Å². The summed E-state index contributed by atoms with van der Waals surface area (Å²) in [5, 5.41) is 11.7. The molecular weight excluding hydrogens is 252 g/mol. The Labute approximate surface area is 120 Å². The molecule has 0 aliphatic heterocycles. The minimum Gasteiger partial charge on any atom is -0.370 e. The van der Waals surface area contributed by atoms with E-state index in [4.69, 9.17) is 5.26 Å². The van der Waals surface area contributed by atoms with Crippen LogP contribution in [-0.2, 0) is 6.42 Å². The average Bonchev–Trinajstić information content (AvgIpc) is 2.44. The zero-order valence-corrected chi connectivity index (χ0v) is 12.4. The number of anilines is 1. The summed E-state index contributed by atoms with van der Waals surface area (Å²) in [6.45, 7) is 5.29. The van der Waals surface area contributed by atoms with Crippen molar-refractivity contribution in [2.24, 2.45) is 0 Å². The highest BCUT2D eigenvalue weighted by Crippen LogP contribution is 2.14. The van der Waals surface area contributed by atoms with Gasteiger partial charge >= 0.3 is 0 Å². The number of nitrogens with one attached hydrogen (secondary N) is 1. The molecule has 0 saturated heterocycles. The fourth-order valence-electron chi connectivity index (χ4n) is 1.91. The number of nitriles is 1. The second kappa shape index (κ2) is 8.16. The molecule has 0 fully saturated rings. The molecule has 5 nitrogen and oxygen atoms in total. The van der Waals surface area contributed by atoms with Gasteiger partial charge in [-0.05, 0) is 25.5 Å². The van der Waals surface area contributed by atoms with Crippen LogP contribution in [0, 0.1) is 11.3 Å². The highest BCUT2D eigenvalue weighted by molar-refractivity contribution is 5.94. The van der Waals surface area contributed by atoms with Crippen LogP contribution in [0.5, 0.6) is 0 Å². The number of amides is 1. The standard InChI is InChI=1S/C15H22N4O/c1-4-7-13-10-12(11-14(18-13)17-5-2)15(20)19(3)9-6-8-16/h10-11H,4-7,9H2,1-3H3,(H,17,18). The van der Waals surface area contributed by atoms with Gasteiger partial charge in [0.05, 0.1) is 12.5 Å². The first kappa shape index (κ1) is 16.0. The van der Waals surface area contributed by atoms with E-state index in [0.29, 0.717) is 18.5 Å². The molecule has 1 heterocycles. The molecule has 0 bridgehead atoms. The largest absolute Gasteiger partial charge is 0.370 e. The van der Waals surface area contributed by atoms with Crippen molar-refractivity contribution < 1.29 is 4.79 Å². The maximum Gasteiger partial charge on any atom is 0.253 e. The smallest absolute Gasteiger partial charge is 0.253 e. The van der Waals surface area contributed by atoms with Gasteiger partial charge in [-0.15, -0.1) is 0 Å². The predicted molar refractivity (Wildman–Crippen MR) is 79.6 cm³/mol. The third-order valence-electron chi connectivity index (χ3n) is 2.90. The van der Waals surface area contributed by atoms with Crippen LogP contribution in [0.15, 0.2) is 12.1 Å². The number of hydrogen-bond acceptors (Lipinski definition) is 4. The first-order chi connectivity index (χ1) is 9.62. The van der Waals surface area contributed by atoms with E-state index in [-0.39, 0.29) is 5.91 Å². The SMILES string of the molecule is CCCc1cc(C(=O)N(C)CCC#N)cc(NCC)n1. The molecule has 0 aliphatic rings. The molecule has 0 aromatic carbocycles. The van der Waals surface area contributed by atoms with Crippen molar-refractivity contribution in [3.8, 4) is 6.07 Å². The van der Waals surface area contributed by atoms with Crippen LogP contribution in [0.25, 0.3) is 0 Å². The van der Waals surface area contributed by atoms with Gasteiger partial charge in [0.15, 0.2) is 0 Å². The van der Waals surface area contributed by atoms with Gasteiger partial charge in [0.2, 0.25) is 0 Å². The van der Waals surface area contributed by atoms with Crippen LogP contribution >= 0.6 is 0 Å². The van der Waals surface area contributed by atoms with Crippen molar-refractivity contribution in [2.45, 2.75) is 33.1 Å². The minimum atomic E-state index is -0.0702. The Bertz CT molecular complexity index is 469. The summed E-state index contributed by atoms with van der Waals surface area (Å²) >= 11 is 0. The van der Waals surface area contributed by atoms with Crippen molar-refractivity contribution in [1.29, 1.82) is 5.26 Å². The van der Waals surface area contributed by atoms with Crippen molar-refractivity contribution in [3.05, 3.63) is 23.4 Å². The molecule has 1 amide bonds. The van der Waals surface area contributed by atoms with Gasteiger partial charge in [0.25, 0.3) is 5.91 Å². The predicted octanol–water partition coefficient (Wildman–Crippen LogP) is 2.45. The number of hydrogen-bond donors (Lipinski definition) is 1. The zero-order valence-electron chi connectivity index (χ0n) is 12.4. The molecule has 1 aromatic heterocycles. The first-order valence-electron chi connectivity index (χ1n) is 6.99. The molecule has 1 N–H and O–H groups in total. The number of aromatic nitrogens is 1. The molecule has 1 aromatic rings. The first-order valence-corrected chi connectivity index (χ1v) is 6.99. The average molecular weight is 274 g/mol. The lowest BCUT2D eigenvalue weighted by atomic mass is 10.1. The summed E-state index contributed by atoms with van der Waals surface area (Å²) in [6.07, 6.45) is 2.18. The summed E-state index contributed by atoms with van der Waals surface area (Å²) in [4.78, 5) is 18.4. The van der Waals surface area contributed by atoms with Gasteiger partial charge in [-0.1, -0.05) is 13.3 Å². The van der Waals surface area contributed by atoms with Crippen LogP contribution in [0.1, 0.15) is 42.7 Å². The molecule has 20 heavy (non-hydrogen) atoms. The van der Waals surface area contributed by atoms with Crippen molar-refractivity contribution >= 4 is 11.7 Å². The van der Waals surface area contributed by atoms with E-state index in [9.17, 15) is 4.79 Å². The van der Waals surface area contributed by atoms with Gasteiger partial charge < -0.3 is 10.2 Å². The summed E-state index contributed by atoms with van der Waals surface area (Å²) < 4.78 is 0. The molecule has 1 rings (SSSR count). The lowest BCUT2D eigenvalue weighted by molar-refractivity contribution is 0.0798. The van der Waals surface area contributed by atoms with Crippen molar-refractivity contribution in [1.82, 2.24) is 9.88 Å². The Kier molecular flexibility index (Phi) is 6.51. The van der Waals surface area contributed by atoms with Gasteiger partial charge in [-0.2, -0.15) is 5.26 Å². The Hall–Kier alpha value is -2.09. The second-order valence-corrected chi connectivity index (χ2v) is 4.65. The fourth-order valence-corrected chi connectivity index (χ4v) is 1.91. The number of aryl methyl sites for hydroxylation is 1. The highest BCUT2D eigenvalue weighted by Gasteiger charge is 2.13. The number of nitrogens with zero attached hydrogens (tertiary/aromatic N) is 3. The summed E-state index contributed by atoms with van der Waals surface area (Å²) in [5.74, 6) is 0.662. The summed E-state index contributed by atoms with van der Waals surface area (Å²) in [6, 6.07) is 5.66. The van der Waals surface area contributed by atoms with Crippen LogP contribution in [-0.4, -0.2) is 35.9 Å². The molecule has 0 atom stereocenters. The normalized spacial score (nSPS) is 9.90. The van der Waals surface area contributed by atoms with Gasteiger partial charge in [-0.25, -0.2) is 4.98 Å². The van der Waals surface area contributed by atoms with E-state index in [1.54, 1.807) is 18.0 Å². The molecule has 108 valence electrons. The highest BCUT2D eigenvalue weighted by atomic mass is 16.2. The number of pyridine rings is 1. The van der Waals surface area contributed by atoms with E-state index >= 15 is 0 Å². The summed E-state index contributed by atoms with van der Waals surface area (Å²) in [5.41, 5.74) is 1.54. The van der Waals surface area contributed by atoms with E-state index in [2.05, 4.69) is 17.2 Å². The second-order valence-electron chi connectivity index (χ2n) is 4.65. The number of carbonyl (C=O) groups excluding carboxylic acids is 1. The Morgan fingerprint density at radius 1 is 1.45 bits per heavy atom. The monoisotopic (exact) mass is 274 g/mol. The number of carbonyl (C=O) groups is 1. The van der Waals surface area contributed by atoms with Crippen molar-refractivity contribution in [3.63, 3.8) is 0 Å². The van der Waals surface area contributed by atoms with Crippen LogP contribution in [0.4, 0.5) is 5.82 Å². The van der Waals surface area contributed by atoms with Crippen LogP contribution in [0.3, 0.4) is 0 Å². The lowest BCUT2D eigenvalue weighted by Crippen LogP contribution is -2.27. The minimum absolute atomic E-state index is 0.0702. The molecule has 0 spiro atoms. The topological polar surface area (TPSA) is 69.0 Å². The maximum atomic E-state index is 12.3. The third-order valence-corrected chi connectivity index (χ3v) is 2.90. The maximum absolute atomic E-state index is 12.3. The third kappa shape index (κ3) is 4.54. The molecule has 5 heteroatoms. The van der Waals surface area contributed by atoms with E-state index < -0.39 is 0 Å². The van der Waals surface area contributed by atoms with Crippen LogP contribution in [0.2, 0.25) is 0 Å². The Morgan fingerprint density at radius 3 is 2.80 bits per heavy atom. The molecule has 0 unspecified atom stereocenters. The van der Waals surface area contributed by atoms with Gasteiger partial charge in [0, 0.05) is 31.4 Å². The fraction of sp³-hybridized carbons (Fsp3) is 0.533. The Balaban J connectivity index is 2.97. The van der Waals surface area contributed by atoms with Gasteiger partial charge in [0.1, 0.15) is 5.82 Å². The lowest BCUT2D eigenvalue weighted by Gasteiger charge is -2.17. The molecular formula is C15H22N4O. The number of rotatable bonds is 7. The van der Waals surface area contributed by atoms with E-state index in [1.807, 2.05) is 19.1 Å². The molecule has 0 radical (unpaired) electrons. The van der Waals surface area contributed by atoms with Crippen molar-refractivity contribution in [2.75, 3.05) is 25.5 Å².